The van der Waals surface area contributed by atoms with E-state index in [0.717, 1.165) is 16.9 Å². The minimum atomic E-state index is 0.0469. The number of carbonyl (C=O) groups excluding carboxylic acids is 1. The first-order valence-electron chi connectivity index (χ1n) is 7.13. The molecule has 0 radical (unpaired) electrons. The molecule has 0 bridgehead atoms. The van der Waals surface area contributed by atoms with Gasteiger partial charge in [-0.2, -0.15) is 0 Å². The highest BCUT2D eigenvalue weighted by atomic mass is 32.2. The van der Waals surface area contributed by atoms with Crippen LogP contribution in [0.1, 0.15) is 34.0 Å². The molecule has 1 nitrogen and oxygen atoms in total. The highest BCUT2D eigenvalue weighted by Crippen LogP contribution is 2.19. The molecule has 2 heteroatoms. The van der Waals surface area contributed by atoms with E-state index >= 15 is 0 Å². The zero-order chi connectivity index (χ0) is 15.2. The van der Waals surface area contributed by atoms with Crippen LogP contribution in [0.5, 0.6) is 0 Å². The molecule has 0 aliphatic heterocycles. The minimum Gasteiger partial charge on any atom is -0.289 e. The van der Waals surface area contributed by atoms with E-state index in [1.54, 1.807) is 17.8 Å². The summed E-state index contributed by atoms with van der Waals surface area (Å²) in [6.07, 6.45) is 3.58. The molecule has 0 N–H and O–H groups in total. The lowest BCUT2D eigenvalue weighted by Gasteiger charge is -2.04. The molecule has 0 spiro atoms. The van der Waals surface area contributed by atoms with Gasteiger partial charge in [0, 0.05) is 10.5 Å². The van der Waals surface area contributed by atoms with Crippen LogP contribution in [0.2, 0.25) is 0 Å². The molecule has 0 aliphatic carbocycles. The predicted octanol–water partition coefficient (Wildman–Crippen LogP) is 5.31. The number of ketones is 1. The first-order chi connectivity index (χ1) is 10.1. The van der Waals surface area contributed by atoms with Crippen LogP contribution in [-0.2, 0) is 0 Å². The van der Waals surface area contributed by atoms with E-state index in [1.807, 2.05) is 36.4 Å². The van der Waals surface area contributed by atoms with Gasteiger partial charge in [-0.1, -0.05) is 31.2 Å². The summed E-state index contributed by atoms with van der Waals surface area (Å²) in [7, 11) is 0. The SMILES string of the molecule is CCSc1ccc(C(=O)C=Cc2c(C)cccc2C)cc1. The number of hydrogen-bond acceptors (Lipinski definition) is 2. The third kappa shape index (κ3) is 4.08. The second-order valence-corrected chi connectivity index (χ2v) is 6.30. The Hall–Kier alpha value is -1.80. The van der Waals surface area contributed by atoms with E-state index in [4.69, 9.17) is 0 Å². The van der Waals surface area contributed by atoms with Gasteiger partial charge in [0.1, 0.15) is 0 Å². The quantitative estimate of drug-likeness (QED) is 0.422. The van der Waals surface area contributed by atoms with Crippen molar-refractivity contribution in [2.75, 3.05) is 5.75 Å². The monoisotopic (exact) mass is 296 g/mol. The van der Waals surface area contributed by atoms with Crippen LogP contribution in [0.25, 0.3) is 6.08 Å². The van der Waals surface area contributed by atoms with Crippen molar-refractivity contribution in [1.82, 2.24) is 0 Å². The molecular formula is C19H20OS. The molecule has 2 aromatic carbocycles. The molecule has 0 aliphatic rings. The third-order valence-corrected chi connectivity index (χ3v) is 4.29. The smallest absolute Gasteiger partial charge is 0.185 e. The Morgan fingerprint density at radius 2 is 1.67 bits per heavy atom. The Kier molecular flexibility index (Phi) is 5.40. The molecule has 0 saturated heterocycles. The van der Waals surface area contributed by atoms with Crippen LogP contribution >= 0.6 is 11.8 Å². The summed E-state index contributed by atoms with van der Waals surface area (Å²) in [6, 6.07) is 14.0. The summed E-state index contributed by atoms with van der Waals surface area (Å²) in [5, 5.41) is 0. The third-order valence-electron chi connectivity index (χ3n) is 3.39. The summed E-state index contributed by atoms with van der Waals surface area (Å²) in [6.45, 7) is 6.25. The number of allylic oxidation sites excluding steroid dienone is 1. The summed E-state index contributed by atoms with van der Waals surface area (Å²) in [5.74, 6) is 1.09. The fraction of sp³-hybridized carbons (Fsp3) is 0.211. The largest absolute Gasteiger partial charge is 0.289 e. The van der Waals surface area contributed by atoms with Crippen molar-refractivity contribution in [3.8, 4) is 0 Å². The highest BCUT2D eigenvalue weighted by Gasteiger charge is 2.03. The molecular weight excluding hydrogens is 276 g/mol. The maximum atomic E-state index is 12.2. The van der Waals surface area contributed by atoms with E-state index in [1.165, 1.54) is 16.0 Å². The van der Waals surface area contributed by atoms with Crippen molar-refractivity contribution in [2.45, 2.75) is 25.7 Å². The Balaban J connectivity index is 2.15. The van der Waals surface area contributed by atoms with Gasteiger partial charge in [0.05, 0.1) is 0 Å². The zero-order valence-corrected chi connectivity index (χ0v) is 13.5. The van der Waals surface area contributed by atoms with Gasteiger partial charge in [0.25, 0.3) is 0 Å². The first kappa shape index (κ1) is 15.6. The molecule has 108 valence electrons. The maximum absolute atomic E-state index is 12.2. The average molecular weight is 296 g/mol. The van der Waals surface area contributed by atoms with Crippen LogP contribution in [0, 0.1) is 13.8 Å². The van der Waals surface area contributed by atoms with Crippen molar-refractivity contribution < 1.29 is 4.79 Å². The molecule has 0 heterocycles. The Bertz CT molecular complexity index is 634. The van der Waals surface area contributed by atoms with Crippen LogP contribution in [0.3, 0.4) is 0 Å². The van der Waals surface area contributed by atoms with E-state index < -0.39 is 0 Å². The molecule has 0 saturated carbocycles. The zero-order valence-electron chi connectivity index (χ0n) is 12.7. The Morgan fingerprint density at radius 3 is 2.24 bits per heavy atom. The van der Waals surface area contributed by atoms with Gasteiger partial charge in [-0.25, -0.2) is 0 Å². The van der Waals surface area contributed by atoms with Crippen LogP contribution < -0.4 is 0 Å². The Labute approximate surface area is 131 Å². The molecule has 2 aromatic rings. The van der Waals surface area contributed by atoms with E-state index in [2.05, 4.69) is 32.9 Å². The number of thioether (sulfide) groups is 1. The number of rotatable bonds is 5. The summed E-state index contributed by atoms with van der Waals surface area (Å²) >= 11 is 1.78. The van der Waals surface area contributed by atoms with Crippen LogP contribution in [-0.4, -0.2) is 11.5 Å². The highest BCUT2D eigenvalue weighted by molar-refractivity contribution is 7.99. The first-order valence-corrected chi connectivity index (χ1v) is 8.12. The van der Waals surface area contributed by atoms with Crippen molar-refractivity contribution in [3.05, 3.63) is 70.8 Å². The summed E-state index contributed by atoms with van der Waals surface area (Å²) < 4.78 is 0. The number of hydrogen-bond donors (Lipinski definition) is 0. The molecule has 0 aromatic heterocycles. The standard InChI is InChI=1S/C19H20OS/c1-4-21-17-10-8-16(9-11-17)19(20)13-12-18-14(2)6-5-7-15(18)3/h5-13H,4H2,1-3H3. The molecule has 0 unspecified atom stereocenters. The summed E-state index contributed by atoms with van der Waals surface area (Å²) in [4.78, 5) is 13.4. The number of carbonyl (C=O) groups is 1. The fourth-order valence-corrected chi connectivity index (χ4v) is 2.89. The second kappa shape index (κ2) is 7.28. The van der Waals surface area contributed by atoms with Gasteiger partial charge in [0.2, 0.25) is 0 Å². The summed E-state index contributed by atoms with van der Waals surface area (Å²) in [5.41, 5.74) is 4.24. The molecule has 0 atom stereocenters. The van der Waals surface area contributed by atoms with Gasteiger partial charge in [0.15, 0.2) is 5.78 Å². The molecule has 0 amide bonds. The van der Waals surface area contributed by atoms with Gasteiger partial charge in [-0.05, 0) is 66.6 Å². The second-order valence-electron chi connectivity index (χ2n) is 4.96. The van der Waals surface area contributed by atoms with Gasteiger partial charge in [-0.3, -0.25) is 4.79 Å². The minimum absolute atomic E-state index is 0.0469. The van der Waals surface area contributed by atoms with Gasteiger partial charge in [-0.15, -0.1) is 11.8 Å². The average Bonchev–Trinajstić information content (AvgIpc) is 2.47. The van der Waals surface area contributed by atoms with Crippen molar-refractivity contribution in [2.24, 2.45) is 0 Å². The Morgan fingerprint density at radius 1 is 1.05 bits per heavy atom. The predicted molar refractivity (Wildman–Crippen MR) is 92.1 cm³/mol. The van der Waals surface area contributed by atoms with Gasteiger partial charge >= 0.3 is 0 Å². The molecule has 2 rings (SSSR count). The lowest BCUT2D eigenvalue weighted by atomic mass is 10.0. The number of aryl methyl sites for hydroxylation is 2. The topological polar surface area (TPSA) is 17.1 Å². The van der Waals surface area contributed by atoms with Crippen LogP contribution in [0.4, 0.5) is 0 Å². The lowest BCUT2D eigenvalue weighted by Crippen LogP contribution is -1.94. The molecule has 0 fully saturated rings. The van der Waals surface area contributed by atoms with Crippen molar-refractivity contribution in [1.29, 1.82) is 0 Å². The van der Waals surface area contributed by atoms with Crippen LogP contribution in [0.15, 0.2) is 53.4 Å². The van der Waals surface area contributed by atoms with E-state index in [-0.39, 0.29) is 5.78 Å². The number of benzene rings is 2. The normalized spacial score (nSPS) is 11.0. The fourth-order valence-electron chi connectivity index (χ4n) is 2.23. The van der Waals surface area contributed by atoms with Crippen molar-refractivity contribution >= 4 is 23.6 Å². The van der Waals surface area contributed by atoms with E-state index in [9.17, 15) is 4.79 Å². The van der Waals surface area contributed by atoms with Crippen molar-refractivity contribution in [3.63, 3.8) is 0 Å². The molecule has 21 heavy (non-hydrogen) atoms. The lowest BCUT2D eigenvalue weighted by molar-refractivity contribution is 0.104. The van der Waals surface area contributed by atoms with E-state index in [0.29, 0.717) is 0 Å². The maximum Gasteiger partial charge on any atom is 0.185 e. The van der Waals surface area contributed by atoms with Gasteiger partial charge < -0.3 is 0 Å².